The molecule has 3 aromatic rings. The number of sulfone groups is 1. The highest BCUT2D eigenvalue weighted by Gasteiger charge is 2.29. The molecule has 1 aromatic heterocycles. The number of carbonyl (C=O) groups is 1. The molecule has 0 bridgehead atoms. The molecular formula is C20H18N4O5S. The fourth-order valence-electron chi connectivity index (χ4n) is 3.66. The van der Waals surface area contributed by atoms with Crippen LogP contribution in [0.3, 0.4) is 0 Å². The molecule has 0 fully saturated rings. The summed E-state index contributed by atoms with van der Waals surface area (Å²) in [5, 5.41) is 18.4. The summed E-state index contributed by atoms with van der Waals surface area (Å²) >= 11 is 0. The molecule has 1 aliphatic rings. The summed E-state index contributed by atoms with van der Waals surface area (Å²) in [6, 6.07) is 10.8. The first-order valence-electron chi connectivity index (χ1n) is 9.13. The molecule has 4 rings (SSSR count). The Hall–Kier alpha value is -3.53. The molecular weight excluding hydrogens is 408 g/mol. The van der Waals surface area contributed by atoms with Crippen molar-refractivity contribution in [3.8, 4) is 16.9 Å². The number of fused-ring (bicyclic) bond motifs is 3. The molecule has 1 aliphatic carbocycles. The van der Waals surface area contributed by atoms with Crippen molar-refractivity contribution in [3.05, 3.63) is 69.4 Å². The van der Waals surface area contributed by atoms with Crippen molar-refractivity contribution in [2.24, 2.45) is 0 Å². The van der Waals surface area contributed by atoms with Crippen LogP contribution >= 0.6 is 0 Å². The Kier molecular flexibility index (Phi) is 4.65. The number of benzene rings is 2. The summed E-state index contributed by atoms with van der Waals surface area (Å²) in [5.41, 5.74) is 3.61. The van der Waals surface area contributed by atoms with Crippen molar-refractivity contribution in [3.63, 3.8) is 0 Å². The maximum absolute atomic E-state index is 12.4. The van der Waals surface area contributed by atoms with Gasteiger partial charge in [0.25, 0.3) is 11.6 Å². The van der Waals surface area contributed by atoms with E-state index >= 15 is 0 Å². The fraction of sp³-hybridized carbons (Fsp3) is 0.200. The Morgan fingerprint density at radius 3 is 2.47 bits per heavy atom. The molecule has 1 amide bonds. The molecule has 1 heterocycles. The first kappa shape index (κ1) is 19.8. The van der Waals surface area contributed by atoms with Gasteiger partial charge in [-0.15, -0.1) is 0 Å². The van der Waals surface area contributed by atoms with Crippen LogP contribution in [0.25, 0.3) is 16.9 Å². The molecule has 10 heteroatoms. The summed E-state index contributed by atoms with van der Waals surface area (Å²) in [6.45, 7) is 0. The number of non-ortho nitro benzene ring substituents is 1. The van der Waals surface area contributed by atoms with Gasteiger partial charge in [-0.3, -0.25) is 14.9 Å². The van der Waals surface area contributed by atoms with E-state index in [9.17, 15) is 23.3 Å². The van der Waals surface area contributed by atoms with Crippen molar-refractivity contribution in [2.45, 2.75) is 17.7 Å². The Morgan fingerprint density at radius 1 is 1.17 bits per heavy atom. The van der Waals surface area contributed by atoms with Gasteiger partial charge in [0.15, 0.2) is 15.5 Å². The van der Waals surface area contributed by atoms with E-state index in [0.717, 1.165) is 11.8 Å². The summed E-state index contributed by atoms with van der Waals surface area (Å²) in [6.07, 6.45) is 2.31. The number of hydrogen-bond donors (Lipinski definition) is 1. The standard InChI is InChI=1S/C20H18N4O5S/c1-21-20(25)18-16-10-4-12-3-5-14(24(26)27)11-17(12)19(16)23(22-18)13-6-8-15(9-7-13)30(2,28)29/h3,5-9,11H,4,10H2,1-2H3,(H,21,25). The largest absolute Gasteiger partial charge is 0.354 e. The zero-order chi connectivity index (χ0) is 21.6. The minimum absolute atomic E-state index is 0.0525. The van der Waals surface area contributed by atoms with E-state index < -0.39 is 14.8 Å². The zero-order valence-electron chi connectivity index (χ0n) is 16.2. The van der Waals surface area contributed by atoms with E-state index in [1.54, 1.807) is 22.9 Å². The van der Waals surface area contributed by atoms with Crippen LogP contribution < -0.4 is 5.32 Å². The number of hydrogen-bond acceptors (Lipinski definition) is 6. The van der Waals surface area contributed by atoms with Gasteiger partial charge in [0, 0.05) is 36.6 Å². The Balaban J connectivity index is 1.97. The molecule has 2 aromatic carbocycles. The van der Waals surface area contributed by atoms with Gasteiger partial charge in [-0.05, 0) is 42.7 Å². The van der Waals surface area contributed by atoms with Crippen LogP contribution in [0.15, 0.2) is 47.4 Å². The van der Waals surface area contributed by atoms with Crippen molar-refractivity contribution < 1.29 is 18.1 Å². The van der Waals surface area contributed by atoms with Gasteiger partial charge >= 0.3 is 0 Å². The monoisotopic (exact) mass is 426 g/mol. The maximum atomic E-state index is 12.4. The maximum Gasteiger partial charge on any atom is 0.271 e. The van der Waals surface area contributed by atoms with Crippen LogP contribution in [0.1, 0.15) is 21.6 Å². The van der Waals surface area contributed by atoms with Crippen molar-refractivity contribution in [1.82, 2.24) is 15.1 Å². The topological polar surface area (TPSA) is 124 Å². The van der Waals surface area contributed by atoms with Gasteiger partial charge < -0.3 is 5.32 Å². The van der Waals surface area contributed by atoms with Gasteiger partial charge in [0.05, 0.1) is 21.2 Å². The molecule has 0 saturated heterocycles. The van der Waals surface area contributed by atoms with Gasteiger partial charge in [-0.25, -0.2) is 13.1 Å². The van der Waals surface area contributed by atoms with Gasteiger partial charge in [-0.1, -0.05) is 6.07 Å². The number of nitro benzene ring substituents is 1. The van der Waals surface area contributed by atoms with E-state index in [4.69, 9.17) is 0 Å². The van der Waals surface area contributed by atoms with Crippen LogP contribution in [0.5, 0.6) is 0 Å². The lowest BCUT2D eigenvalue weighted by Crippen LogP contribution is -2.20. The number of amides is 1. The first-order valence-corrected chi connectivity index (χ1v) is 11.0. The number of nitrogens with zero attached hydrogens (tertiary/aromatic N) is 3. The molecule has 0 aliphatic heterocycles. The predicted molar refractivity (Wildman–Crippen MR) is 110 cm³/mol. The third-order valence-electron chi connectivity index (χ3n) is 5.14. The van der Waals surface area contributed by atoms with Crippen molar-refractivity contribution in [1.29, 1.82) is 0 Å². The van der Waals surface area contributed by atoms with Crippen LogP contribution in [-0.2, 0) is 22.7 Å². The highest BCUT2D eigenvalue weighted by atomic mass is 32.2. The molecule has 9 nitrogen and oxygen atoms in total. The summed E-state index contributed by atoms with van der Waals surface area (Å²) < 4.78 is 25.1. The first-order chi connectivity index (χ1) is 14.2. The predicted octanol–water partition coefficient (Wildman–Crippen LogP) is 2.31. The Bertz CT molecular complexity index is 1290. The SMILES string of the molecule is CNC(=O)c1nn(-c2ccc(S(C)(=O)=O)cc2)c2c1CCc1ccc([N+](=O)[O-])cc1-2. The summed E-state index contributed by atoms with van der Waals surface area (Å²) in [7, 11) is -1.85. The molecule has 0 spiro atoms. The molecule has 30 heavy (non-hydrogen) atoms. The van der Waals surface area contributed by atoms with Gasteiger partial charge in [-0.2, -0.15) is 5.10 Å². The number of nitrogens with one attached hydrogen (secondary N) is 1. The highest BCUT2D eigenvalue weighted by molar-refractivity contribution is 7.90. The molecule has 1 N–H and O–H groups in total. The van der Waals surface area contributed by atoms with Crippen LogP contribution in [-0.4, -0.2) is 42.3 Å². The van der Waals surface area contributed by atoms with Crippen molar-refractivity contribution >= 4 is 21.4 Å². The number of carbonyl (C=O) groups excluding carboxylic acids is 1. The number of nitro groups is 1. The fourth-order valence-corrected chi connectivity index (χ4v) is 4.29. The average molecular weight is 426 g/mol. The number of aryl methyl sites for hydroxylation is 1. The Morgan fingerprint density at radius 2 is 1.87 bits per heavy atom. The van der Waals surface area contributed by atoms with E-state index in [1.807, 2.05) is 0 Å². The molecule has 0 unspecified atom stereocenters. The lowest BCUT2D eigenvalue weighted by molar-refractivity contribution is -0.384. The number of aromatic nitrogens is 2. The molecule has 0 radical (unpaired) electrons. The summed E-state index contributed by atoms with van der Waals surface area (Å²) in [5.74, 6) is -0.355. The van der Waals surface area contributed by atoms with Crippen LogP contribution in [0, 0.1) is 10.1 Å². The average Bonchev–Trinajstić information content (AvgIpc) is 3.12. The normalized spacial score (nSPS) is 12.7. The second kappa shape index (κ2) is 7.06. The molecule has 0 atom stereocenters. The van der Waals surface area contributed by atoms with E-state index in [-0.39, 0.29) is 22.2 Å². The smallest absolute Gasteiger partial charge is 0.271 e. The highest BCUT2D eigenvalue weighted by Crippen LogP contribution is 2.38. The third kappa shape index (κ3) is 3.24. The van der Waals surface area contributed by atoms with E-state index in [1.165, 1.54) is 31.3 Å². The van der Waals surface area contributed by atoms with Crippen molar-refractivity contribution in [2.75, 3.05) is 13.3 Å². The van der Waals surface area contributed by atoms with Gasteiger partial charge in [0.2, 0.25) is 0 Å². The van der Waals surface area contributed by atoms with E-state index in [2.05, 4.69) is 10.4 Å². The lowest BCUT2D eigenvalue weighted by Gasteiger charge is -2.18. The minimum Gasteiger partial charge on any atom is -0.354 e. The summed E-state index contributed by atoms with van der Waals surface area (Å²) in [4.78, 5) is 23.4. The number of rotatable bonds is 4. The molecule has 0 saturated carbocycles. The minimum atomic E-state index is -3.36. The third-order valence-corrected chi connectivity index (χ3v) is 6.27. The zero-order valence-corrected chi connectivity index (χ0v) is 17.1. The van der Waals surface area contributed by atoms with Crippen LogP contribution in [0.4, 0.5) is 5.69 Å². The van der Waals surface area contributed by atoms with Gasteiger partial charge in [0.1, 0.15) is 0 Å². The lowest BCUT2D eigenvalue weighted by atomic mass is 9.88. The van der Waals surface area contributed by atoms with Crippen LogP contribution in [0.2, 0.25) is 0 Å². The quantitative estimate of drug-likeness (QED) is 0.504. The van der Waals surface area contributed by atoms with E-state index in [0.29, 0.717) is 35.3 Å². The second-order valence-corrected chi connectivity index (χ2v) is 9.05. The second-order valence-electron chi connectivity index (χ2n) is 7.03. The molecule has 154 valence electrons. The Labute approximate surface area is 172 Å².